The summed E-state index contributed by atoms with van der Waals surface area (Å²) in [7, 11) is 0. The Bertz CT molecular complexity index is 1290. The van der Waals surface area contributed by atoms with Crippen molar-refractivity contribution in [3.8, 4) is 17.1 Å². The van der Waals surface area contributed by atoms with Gasteiger partial charge in [-0.1, -0.05) is 36.4 Å². The summed E-state index contributed by atoms with van der Waals surface area (Å²) in [6.07, 6.45) is 2.10. The standard InChI is InChI=1S/C27H31N7O2/c28-27(35)36-23-9-4-8-22-25(23)32-26(31-22)21-10-11-24(30-18-21)29-12-15-33-13-5-14-34(17-16-33)19-20-6-2-1-3-7-20/h1-4,6-11,18H,5,12-17,19H2,(H2,28,35)(H,29,30)(H,31,32). The molecule has 36 heavy (non-hydrogen) atoms. The zero-order valence-electron chi connectivity index (χ0n) is 20.2. The first-order chi connectivity index (χ1) is 17.6. The van der Waals surface area contributed by atoms with Gasteiger partial charge in [0, 0.05) is 44.5 Å². The first kappa shape index (κ1) is 23.8. The lowest BCUT2D eigenvalue weighted by atomic mass is 10.2. The number of nitrogens with one attached hydrogen (secondary N) is 2. The van der Waals surface area contributed by atoms with Gasteiger partial charge in [-0.25, -0.2) is 14.8 Å². The summed E-state index contributed by atoms with van der Waals surface area (Å²) in [4.78, 5) is 28.6. The Morgan fingerprint density at radius 3 is 2.64 bits per heavy atom. The number of carbonyl (C=O) groups is 1. The van der Waals surface area contributed by atoms with Crippen LogP contribution in [0.25, 0.3) is 22.4 Å². The summed E-state index contributed by atoms with van der Waals surface area (Å²) in [5.41, 5.74) is 8.68. The maximum absolute atomic E-state index is 11.2. The molecule has 2 aromatic carbocycles. The molecule has 1 amide bonds. The first-order valence-corrected chi connectivity index (χ1v) is 12.3. The van der Waals surface area contributed by atoms with Crippen molar-refractivity contribution in [2.45, 2.75) is 13.0 Å². The van der Waals surface area contributed by atoms with Crippen LogP contribution >= 0.6 is 0 Å². The number of aromatic nitrogens is 3. The molecule has 5 rings (SSSR count). The fourth-order valence-corrected chi connectivity index (χ4v) is 4.56. The maximum Gasteiger partial charge on any atom is 0.410 e. The summed E-state index contributed by atoms with van der Waals surface area (Å²) >= 11 is 0. The number of ether oxygens (including phenoxy) is 1. The zero-order valence-corrected chi connectivity index (χ0v) is 20.2. The quantitative estimate of drug-likeness (QED) is 0.349. The topological polar surface area (TPSA) is 112 Å². The molecule has 2 aromatic heterocycles. The van der Waals surface area contributed by atoms with Crippen LogP contribution in [0.1, 0.15) is 12.0 Å². The fraction of sp³-hybridized carbons (Fsp3) is 0.296. The lowest BCUT2D eigenvalue weighted by molar-refractivity contribution is 0.211. The van der Waals surface area contributed by atoms with Gasteiger partial charge >= 0.3 is 6.09 Å². The van der Waals surface area contributed by atoms with Gasteiger partial charge < -0.3 is 25.7 Å². The van der Waals surface area contributed by atoms with E-state index in [4.69, 9.17) is 10.5 Å². The van der Waals surface area contributed by atoms with Crippen molar-refractivity contribution in [1.29, 1.82) is 0 Å². The normalized spacial score (nSPS) is 15.0. The maximum atomic E-state index is 11.2. The number of pyridine rings is 1. The van der Waals surface area contributed by atoms with E-state index in [0.29, 0.717) is 17.1 Å². The molecular weight excluding hydrogens is 454 g/mol. The highest BCUT2D eigenvalue weighted by Crippen LogP contribution is 2.27. The molecule has 1 fully saturated rings. The minimum atomic E-state index is -0.867. The number of hydrogen-bond donors (Lipinski definition) is 3. The second kappa shape index (κ2) is 11.2. The molecule has 0 spiro atoms. The van der Waals surface area contributed by atoms with Crippen LogP contribution in [0.4, 0.5) is 10.6 Å². The molecule has 1 aliphatic heterocycles. The van der Waals surface area contributed by atoms with Gasteiger partial charge in [0.25, 0.3) is 0 Å². The van der Waals surface area contributed by atoms with Gasteiger partial charge in [0.2, 0.25) is 0 Å². The molecule has 186 valence electrons. The number of anilines is 1. The van der Waals surface area contributed by atoms with Crippen molar-refractivity contribution in [1.82, 2.24) is 24.8 Å². The van der Waals surface area contributed by atoms with E-state index in [1.165, 1.54) is 12.0 Å². The number of fused-ring (bicyclic) bond motifs is 1. The molecule has 0 radical (unpaired) electrons. The molecule has 0 aliphatic carbocycles. The minimum Gasteiger partial charge on any atom is -0.408 e. The van der Waals surface area contributed by atoms with E-state index in [1.54, 1.807) is 18.3 Å². The largest absolute Gasteiger partial charge is 0.410 e. The van der Waals surface area contributed by atoms with Crippen LogP contribution in [0, 0.1) is 0 Å². The molecule has 1 aliphatic rings. The highest BCUT2D eigenvalue weighted by Gasteiger charge is 2.15. The van der Waals surface area contributed by atoms with Crippen molar-refractivity contribution >= 4 is 22.9 Å². The van der Waals surface area contributed by atoms with Gasteiger partial charge in [0.1, 0.15) is 17.2 Å². The summed E-state index contributed by atoms with van der Waals surface area (Å²) in [6.45, 7) is 7.26. The SMILES string of the molecule is NC(=O)Oc1cccc2[nH]c(-c3ccc(NCCN4CCCN(Cc5ccccc5)CC4)nc3)nc12. The van der Waals surface area contributed by atoms with Crippen LogP contribution in [-0.4, -0.2) is 70.1 Å². The van der Waals surface area contributed by atoms with Crippen molar-refractivity contribution in [3.05, 3.63) is 72.4 Å². The Hall–Kier alpha value is -3.95. The molecule has 3 heterocycles. The van der Waals surface area contributed by atoms with Crippen LogP contribution < -0.4 is 15.8 Å². The van der Waals surface area contributed by atoms with E-state index >= 15 is 0 Å². The smallest absolute Gasteiger partial charge is 0.408 e. The van der Waals surface area contributed by atoms with Crippen LogP contribution in [-0.2, 0) is 6.54 Å². The van der Waals surface area contributed by atoms with Gasteiger partial charge in [-0.2, -0.15) is 0 Å². The molecule has 0 unspecified atom stereocenters. The van der Waals surface area contributed by atoms with Gasteiger partial charge in [-0.15, -0.1) is 0 Å². The Kier molecular flexibility index (Phi) is 7.39. The Morgan fingerprint density at radius 1 is 1.00 bits per heavy atom. The average Bonchev–Trinajstić information content (AvgIpc) is 3.21. The average molecular weight is 486 g/mol. The van der Waals surface area contributed by atoms with Crippen molar-refractivity contribution in [3.63, 3.8) is 0 Å². The highest BCUT2D eigenvalue weighted by molar-refractivity contribution is 5.87. The van der Waals surface area contributed by atoms with E-state index in [9.17, 15) is 4.79 Å². The number of nitrogens with zero attached hydrogens (tertiary/aromatic N) is 4. The second-order valence-electron chi connectivity index (χ2n) is 8.97. The monoisotopic (exact) mass is 485 g/mol. The molecule has 1 saturated heterocycles. The van der Waals surface area contributed by atoms with Crippen molar-refractivity contribution in [2.75, 3.05) is 44.6 Å². The van der Waals surface area contributed by atoms with E-state index in [1.807, 2.05) is 18.2 Å². The summed E-state index contributed by atoms with van der Waals surface area (Å²) in [5.74, 6) is 1.80. The number of H-pyrrole nitrogens is 1. The number of benzene rings is 2. The Balaban J connectivity index is 1.12. The highest BCUT2D eigenvalue weighted by atomic mass is 16.5. The molecule has 9 heteroatoms. The predicted octanol–water partition coefficient (Wildman–Crippen LogP) is 3.70. The van der Waals surface area contributed by atoms with E-state index in [-0.39, 0.29) is 0 Å². The third-order valence-electron chi connectivity index (χ3n) is 6.39. The fourth-order valence-electron chi connectivity index (χ4n) is 4.56. The first-order valence-electron chi connectivity index (χ1n) is 12.3. The predicted molar refractivity (Wildman–Crippen MR) is 141 cm³/mol. The van der Waals surface area contributed by atoms with E-state index in [0.717, 1.165) is 62.7 Å². The third kappa shape index (κ3) is 5.99. The Labute approximate surface area is 210 Å². The zero-order chi connectivity index (χ0) is 24.7. The third-order valence-corrected chi connectivity index (χ3v) is 6.39. The molecule has 0 bridgehead atoms. The molecule has 0 atom stereocenters. The van der Waals surface area contributed by atoms with Crippen LogP contribution in [0.3, 0.4) is 0 Å². The van der Waals surface area contributed by atoms with E-state index < -0.39 is 6.09 Å². The number of carbonyl (C=O) groups excluding carboxylic acids is 1. The number of hydrogen-bond acceptors (Lipinski definition) is 7. The summed E-state index contributed by atoms with van der Waals surface area (Å²) < 4.78 is 5.05. The number of para-hydroxylation sites is 1. The number of imidazole rings is 1. The number of amides is 1. The number of primary amides is 1. The number of rotatable bonds is 8. The van der Waals surface area contributed by atoms with E-state index in [2.05, 4.69) is 60.4 Å². The molecule has 4 aromatic rings. The number of nitrogens with two attached hydrogens (primary N) is 1. The van der Waals surface area contributed by atoms with Crippen LogP contribution in [0.15, 0.2) is 66.9 Å². The van der Waals surface area contributed by atoms with Crippen molar-refractivity contribution < 1.29 is 9.53 Å². The second-order valence-corrected chi connectivity index (χ2v) is 8.97. The van der Waals surface area contributed by atoms with Crippen LogP contribution in [0.5, 0.6) is 5.75 Å². The van der Waals surface area contributed by atoms with Gasteiger partial charge in [0.15, 0.2) is 5.75 Å². The Morgan fingerprint density at radius 2 is 1.83 bits per heavy atom. The molecule has 0 saturated carbocycles. The van der Waals surface area contributed by atoms with Crippen LogP contribution in [0.2, 0.25) is 0 Å². The van der Waals surface area contributed by atoms with Gasteiger partial charge in [0.05, 0.1) is 5.52 Å². The number of aromatic amines is 1. The lowest BCUT2D eigenvalue weighted by Gasteiger charge is -2.22. The summed E-state index contributed by atoms with van der Waals surface area (Å²) in [5, 5.41) is 3.43. The lowest BCUT2D eigenvalue weighted by Crippen LogP contribution is -2.33. The molecule has 9 nitrogen and oxygen atoms in total. The van der Waals surface area contributed by atoms with Gasteiger partial charge in [-0.05, 0) is 49.3 Å². The van der Waals surface area contributed by atoms with Crippen molar-refractivity contribution in [2.24, 2.45) is 5.73 Å². The molecular formula is C27H31N7O2. The summed E-state index contributed by atoms with van der Waals surface area (Å²) in [6, 6.07) is 19.9. The van der Waals surface area contributed by atoms with Gasteiger partial charge in [-0.3, -0.25) is 4.90 Å². The minimum absolute atomic E-state index is 0.324. The molecule has 4 N–H and O–H groups in total.